The second kappa shape index (κ2) is 7.97. The van der Waals surface area contributed by atoms with Crippen LogP contribution in [-0.4, -0.2) is 15.9 Å². The van der Waals surface area contributed by atoms with Crippen LogP contribution in [-0.2, 0) is 0 Å². The molecule has 2 amide bonds. The van der Waals surface area contributed by atoms with Crippen LogP contribution in [0.4, 0.5) is 14.9 Å². The Kier molecular flexibility index (Phi) is 5.19. The van der Waals surface area contributed by atoms with Gasteiger partial charge in [-0.05, 0) is 30.7 Å². The van der Waals surface area contributed by atoms with Gasteiger partial charge in [0.15, 0.2) is 0 Å². The Hall–Kier alpha value is -4.10. The summed E-state index contributed by atoms with van der Waals surface area (Å²) in [6.07, 6.45) is 0. The summed E-state index contributed by atoms with van der Waals surface area (Å²) in [5, 5.41) is 28.0. The van der Waals surface area contributed by atoms with Gasteiger partial charge in [0, 0.05) is 28.3 Å². The lowest BCUT2D eigenvalue weighted by atomic mass is 9.95. The second-order valence-electron chi connectivity index (χ2n) is 6.77. The molecule has 2 N–H and O–H groups in total. The van der Waals surface area contributed by atoms with Crippen molar-refractivity contribution in [3.05, 3.63) is 85.6 Å². The standard InChI is InChI=1S/C21H14FN5O3S/c1-11-18(20-25-16(10-31-20)13-4-2-12(9-23)3-5-13)19(26-21(28)24-11)14-6-7-15(22)17(8-14)27(29)30/h2-8,10,19H,1H3,(H2,24,26,28). The average Bonchev–Trinajstić information content (AvgIpc) is 3.23. The molecule has 1 aliphatic rings. The summed E-state index contributed by atoms with van der Waals surface area (Å²) in [5.41, 5.74) is 2.92. The lowest BCUT2D eigenvalue weighted by Gasteiger charge is -2.28. The summed E-state index contributed by atoms with van der Waals surface area (Å²) in [4.78, 5) is 27.1. The van der Waals surface area contributed by atoms with E-state index < -0.39 is 28.5 Å². The zero-order valence-corrected chi connectivity index (χ0v) is 16.9. The van der Waals surface area contributed by atoms with Crippen molar-refractivity contribution < 1.29 is 14.1 Å². The van der Waals surface area contributed by atoms with E-state index in [0.717, 1.165) is 17.7 Å². The minimum atomic E-state index is -0.950. The van der Waals surface area contributed by atoms with Gasteiger partial charge in [0.1, 0.15) is 5.01 Å². The number of amides is 2. The number of nitro benzene ring substituents is 1. The number of hydrogen-bond acceptors (Lipinski definition) is 6. The fraction of sp³-hybridized carbons (Fsp3) is 0.0952. The summed E-state index contributed by atoms with van der Waals surface area (Å²) in [6.45, 7) is 1.71. The fourth-order valence-electron chi connectivity index (χ4n) is 3.32. The predicted molar refractivity (Wildman–Crippen MR) is 112 cm³/mol. The van der Waals surface area contributed by atoms with Crippen LogP contribution in [0.25, 0.3) is 16.8 Å². The number of rotatable bonds is 4. The van der Waals surface area contributed by atoms with Crippen molar-refractivity contribution >= 4 is 28.6 Å². The van der Waals surface area contributed by atoms with Gasteiger partial charge >= 0.3 is 11.7 Å². The number of halogens is 1. The molecule has 0 fully saturated rings. The highest BCUT2D eigenvalue weighted by atomic mass is 32.1. The maximum atomic E-state index is 13.8. The van der Waals surface area contributed by atoms with Crippen molar-refractivity contribution in [2.75, 3.05) is 0 Å². The number of aromatic nitrogens is 1. The van der Waals surface area contributed by atoms with Gasteiger partial charge in [-0.1, -0.05) is 18.2 Å². The van der Waals surface area contributed by atoms with E-state index in [1.165, 1.54) is 17.4 Å². The van der Waals surface area contributed by atoms with Crippen LogP contribution in [0.5, 0.6) is 0 Å². The first kappa shape index (κ1) is 20.2. The highest BCUT2D eigenvalue weighted by molar-refractivity contribution is 7.11. The summed E-state index contributed by atoms with van der Waals surface area (Å²) in [7, 11) is 0. The van der Waals surface area contributed by atoms with Gasteiger partial charge < -0.3 is 10.6 Å². The van der Waals surface area contributed by atoms with E-state index >= 15 is 0 Å². The smallest absolute Gasteiger partial charge is 0.319 e. The molecule has 0 saturated heterocycles. The highest BCUT2D eigenvalue weighted by Crippen LogP contribution is 2.38. The number of nitro groups is 1. The fourth-order valence-corrected chi connectivity index (χ4v) is 4.28. The van der Waals surface area contributed by atoms with Gasteiger partial charge in [-0.3, -0.25) is 10.1 Å². The van der Waals surface area contributed by atoms with Gasteiger partial charge in [-0.15, -0.1) is 11.3 Å². The first-order valence-electron chi connectivity index (χ1n) is 9.06. The van der Waals surface area contributed by atoms with Gasteiger partial charge in [0.05, 0.1) is 28.3 Å². The van der Waals surface area contributed by atoms with Crippen LogP contribution in [0.15, 0.2) is 53.5 Å². The lowest BCUT2D eigenvalue weighted by Crippen LogP contribution is -2.42. The number of nitriles is 1. The molecule has 0 bridgehead atoms. The molecule has 1 atom stereocenters. The molecule has 0 saturated carbocycles. The second-order valence-corrected chi connectivity index (χ2v) is 7.62. The van der Waals surface area contributed by atoms with Crippen molar-refractivity contribution in [1.29, 1.82) is 5.26 Å². The number of nitrogens with one attached hydrogen (secondary N) is 2. The molecule has 3 aromatic rings. The molecule has 0 radical (unpaired) electrons. The Morgan fingerprint density at radius 3 is 2.68 bits per heavy atom. The Bertz CT molecular complexity index is 1280. The van der Waals surface area contributed by atoms with Crippen LogP contribution in [0.2, 0.25) is 0 Å². The molecular formula is C21H14FN5O3S. The maximum absolute atomic E-state index is 13.8. The zero-order chi connectivity index (χ0) is 22.1. The van der Waals surface area contributed by atoms with Crippen molar-refractivity contribution in [2.24, 2.45) is 0 Å². The van der Waals surface area contributed by atoms with Gasteiger partial charge in [-0.2, -0.15) is 9.65 Å². The quantitative estimate of drug-likeness (QED) is 0.461. The molecule has 154 valence electrons. The van der Waals surface area contributed by atoms with E-state index in [1.54, 1.807) is 31.2 Å². The number of hydrogen-bond donors (Lipinski definition) is 2. The number of carbonyl (C=O) groups is 1. The van der Waals surface area contributed by atoms with E-state index in [9.17, 15) is 19.3 Å². The number of allylic oxidation sites excluding steroid dienone is 1. The molecule has 10 heteroatoms. The van der Waals surface area contributed by atoms with E-state index in [4.69, 9.17) is 5.26 Å². The summed E-state index contributed by atoms with van der Waals surface area (Å²) in [6, 6.07) is 11.4. The maximum Gasteiger partial charge on any atom is 0.319 e. The van der Waals surface area contributed by atoms with E-state index in [0.29, 0.717) is 33.1 Å². The largest absolute Gasteiger partial charge is 0.327 e. The Labute approximate surface area is 179 Å². The summed E-state index contributed by atoms with van der Waals surface area (Å²) >= 11 is 1.34. The van der Waals surface area contributed by atoms with Gasteiger partial charge in [-0.25, -0.2) is 9.78 Å². The van der Waals surface area contributed by atoms with Crippen LogP contribution in [0, 0.1) is 27.3 Å². The zero-order valence-electron chi connectivity index (χ0n) is 16.0. The number of urea groups is 1. The molecule has 1 aromatic heterocycles. The third-order valence-electron chi connectivity index (χ3n) is 4.81. The average molecular weight is 435 g/mol. The molecule has 2 aromatic carbocycles. The lowest BCUT2D eigenvalue weighted by molar-refractivity contribution is -0.387. The summed E-state index contributed by atoms with van der Waals surface area (Å²) in [5.74, 6) is -0.950. The summed E-state index contributed by atoms with van der Waals surface area (Å²) < 4.78 is 13.8. The molecule has 1 aliphatic heterocycles. The third kappa shape index (κ3) is 3.86. The van der Waals surface area contributed by atoms with E-state index in [2.05, 4.69) is 21.7 Å². The van der Waals surface area contributed by atoms with E-state index in [1.807, 2.05) is 5.38 Å². The first-order chi connectivity index (χ1) is 14.9. The number of benzene rings is 2. The minimum Gasteiger partial charge on any atom is -0.327 e. The Balaban J connectivity index is 1.77. The SMILES string of the molecule is CC1=C(c2nc(-c3ccc(C#N)cc3)cs2)C(c2ccc(F)c([N+](=O)[O-])c2)NC(=O)N1. The number of carbonyl (C=O) groups excluding carboxylic acids is 1. The molecule has 1 unspecified atom stereocenters. The Morgan fingerprint density at radius 1 is 1.26 bits per heavy atom. The van der Waals surface area contributed by atoms with Crippen LogP contribution in [0.3, 0.4) is 0 Å². The molecule has 31 heavy (non-hydrogen) atoms. The van der Waals surface area contributed by atoms with Gasteiger partial charge in [0.25, 0.3) is 0 Å². The minimum absolute atomic E-state index is 0.368. The molecule has 2 heterocycles. The van der Waals surface area contributed by atoms with Crippen molar-refractivity contribution in [3.63, 3.8) is 0 Å². The van der Waals surface area contributed by atoms with Crippen molar-refractivity contribution in [3.8, 4) is 17.3 Å². The van der Waals surface area contributed by atoms with Crippen molar-refractivity contribution in [2.45, 2.75) is 13.0 Å². The normalized spacial score (nSPS) is 15.8. The predicted octanol–water partition coefficient (Wildman–Crippen LogP) is 4.51. The highest BCUT2D eigenvalue weighted by Gasteiger charge is 2.31. The van der Waals surface area contributed by atoms with Crippen LogP contribution >= 0.6 is 11.3 Å². The van der Waals surface area contributed by atoms with E-state index in [-0.39, 0.29) is 0 Å². The van der Waals surface area contributed by atoms with Crippen molar-refractivity contribution in [1.82, 2.24) is 15.6 Å². The Morgan fingerprint density at radius 2 is 2.00 bits per heavy atom. The molecule has 8 nitrogen and oxygen atoms in total. The van der Waals surface area contributed by atoms with Gasteiger partial charge in [0.2, 0.25) is 5.82 Å². The monoisotopic (exact) mass is 435 g/mol. The molecule has 4 rings (SSSR count). The number of nitrogens with zero attached hydrogens (tertiary/aromatic N) is 3. The molecule has 0 aliphatic carbocycles. The van der Waals surface area contributed by atoms with Crippen LogP contribution in [0.1, 0.15) is 29.1 Å². The topological polar surface area (TPSA) is 121 Å². The van der Waals surface area contributed by atoms with Crippen LogP contribution < -0.4 is 10.6 Å². The molecule has 0 spiro atoms. The first-order valence-corrected chi connectivity index (χ1v) is 9.94. The number of thiazole rings is 1. The third-order valence-corrected chi connectivity index (χ3v) is 5.69. The molecular weight excluding hydrogens is 421 g/mol.